The van der Waals surface area contributed by atoms with Crippen molar-refractivity contribution in [3.8, 4) is 0 Å². The number of aromatic nitrogens is 2. The molecule has 2 heterocycles. The number of nitrogens with two attached hydrogens (primary N) is 1. The molecule has 4 nitrogen and oxygen atoms in total. The summed E-state index contributed by atoms with van der Waals surface area (Å²) in [6.07, 6.45) is 7.63. The second-order valence-corrected chi connectivity index (χ2v) is 5.84. The van der Waals surface area contributed by atoms with E-state index in [0.29, 0.717) is 5.92 Å². The Morgan fingerprint density at radius 1 is 1.22 bits per heavy atom. The van der Waals surface area contributed by atoms with Crippen molar-refractivity contribution in [2.45, 2.75) is 45.1 Å². The standard InChI is InChI=1S/C14H22N4/c1-10-6-11(15)8-18(7-10)14-12-4-2-3-5-13(12)16-9-17-14/h9-11H,2-8,15H2,1H3. The molecular weight excluding hydrogens is 224 g/mol. The van der Waals surface area contributed by atoms with Crippen molar-refractivity contribution in [3.05, 3.63) is 17.6 Å². The minimum absolute atomic E-state index is 0.281. The van der Waals surface area contributed by atoms with E-state index in [1.165, 1.54) is 24.1 Å². The molecule has 0 spiro atoms. The maximum Gasteiger partial charge on any atom is 0.135 e. The van der Waals surface area contributed by atoms with E-state index in [2.05, 4.69) is 21.8 Å². The first-order valence-electron chi connectivity index (χ1n) is 7.07. The van der Waals surface area contributed by atoms with Crippen LogP contribution in [-0.4, -0.2) is 29.1 Å². The fourth-order valence-corrected chi connectivity index (χ4v) is 3.35. The van der Waals surface area contributed by atoms with Crippen LogP contribution in [-0.2, 0) is 12.8 Å². The quantitative estimate of drug-likeness (QED) is 0.816. The summed E-state index contributed by atoms with van der Waals surface area (Å²) in [4.78, 5) is 11.4. The van der Waals surface area contributed by atoms with Gasteiger partial charge in [-0.1, -0.05) is 6.92 Å². The van der Waals surface area contributed by atoms with Crippen LogP contribution in [0.2, 0.25) is 0 Å². The van der Waals surface area contributed by atoms with Gasteiger partial charge in [0.1, 0.15) is 12.1 Å². The summed E-state index contributed by atoms with van der Waals surface area (Å²) in [5.74, 6) is 1.81. The van der Waals surface area contributed by atoms with Gasteiger partial charge in [0.05, 0.1) is 0 Å². The molecule has 18 heavy (non-hydrogen) atoms. The molecule has 1 aliphatic heterocycles. The second-order valence-electron chi connectivity index (χ2n) is 5.84. The Bertz CT molecular complexity index is 422. The van der Waals surface area contributed by atoms with Crippen LogP contribution >= 0.6 is 0 Å². The minimum atomic E-state index is 0.281. The summed E-state index contributed by atoms with van der Waals surface area (Å²) >= 11 is 0. The summed E-state index contributed by atoms with van der Waals surface area (Å²) in [7, 11) is 0. The molecule has 3 rings (SSSR count). The Morgan fingerprint density at radius 3 is 2.89 bits per heavy atom. The molecule has 0 bridgehead atoms. The molecule has 1 fully saturated rings. The van der Waals surface area contributed by atoms with Crippen molar-refractivity contribution in [2.24, 2.45) is 11.7 Å². The number of anilines is 1. The van der Waals surface area contributed by atoms with Crippen molar-refractivity contribution in [3.63, 3.8) is 0 Å². The number of nitrogens with zero attached hydrogens (tertiary/aromatic N) is 3. The Kier molecular flexibility index (Phi) is 3.20. The highest BCUT2D eigenvalue weighted by Gasteiger charge is 2.26. The van der Waals surface area contributed by atoms with Gasteiger partial charge in [0.2, 0.25) is 0 Å². The van der Waals surface area contributed by atoms with Gasteiger partial charge in [-0.3, -0.25) is 0 Å². The summed E-state index contributed by atoms with van der Waals surface area (Å²) < 4.78 is 0. The highest BCUT2D eigenvalue weighted by molar-refractivity contribution is 5.50. The van der Waals surface area contributed by atoms with Crippen LogP contribution in [0.1, 0.15) is 37.4 Å². The monoisotopic (exact) mass is 246 g/mol. The molecule has 0 aromatic carbocycles. The number of aryl methyl sites for hydroxylation is 1. The van der Waals surface area contributed by atoms with E-state index in [1.807, 2.05) is 0 Å². The Hall–Kier alpha value is -1.16. The molecule has 2 atom stereocenters. The highest BCUT2D eigenvalue weighted by atomic mass is 15.2. The number of piperidine rings is 1. The van der Waals surface area contributed by atoms with Crippen LogP contribution in [0.5, 0.6) is 0 Å². The van der Waals surface area contributed by atoms with Crippen molar-refractivity contribution in [2.75, 3.05) is 18.0 Å². The fourth-order valence-electron chi connectivity index (χ4n) is 3.35. The van der Waals surface area contributed by atoms with Crippen molar-refractivity contribution in [1.82, 2.24) is 9.97 Å². The summed E-state index contributed by atoms with van der Waals surface area (Å²) in [5, 5.41) is 0. The third-order valence-electron chi connectivity index (χ3n) is 4.09. The Morgan fingerprint density at radius 2 is 2.06 bits per heavy atom. The van der Waals surface area contributed by atoms with Gasteiger partial charge in [-0.05, 0) is 38.0 Å². The topological polar surface area (TPSA) is 55.0 Å². The molecule has 1 aromatic heterocycles. The van der Waals surface area contributed by atoms with Crippen LogP contribution in [0.25, 0.3) is 0 Å². The van der Waals surface area contributed by atoms with Crippen LogP contribution in [0, 0.1) is 5.92 Å². The van der Waals surface area contributed by atoms with E-state index in [-0.39, 0.29) is 6.04 Å². The average Bonchev–Trinajstić information content (AvgIpc) is 2.37. The third-order valence-corrected chi connectivity index (χ3v) is 4.09. The molecule has 0 radical (unpaired) electrons. The van der Waals surface area contributed by atoms with E-state index in [0.717, 1.165) is 38.2 Å². The highest BCUT2D eigenvalue weighted by Crippen LogP contribution is 2.29. The molecule has 1 saturated heterocycles. The Labute approximate surface area is 109 Å². The second kappa shape index (κ2) is 4.84. The van der Waals surface area contributed by atoms with Gasteiger partial charge in [0.25, 0.3) is 0 Å². The van der Waals surface area contributed by atoms with Crippen LogP contribution in [0.4, 0.5) is 5.82 Å². The fraction of sp³-hybridized carbons (Fsp3) is 0.714. The summed E-state index contributed by atoms with van der Waals surface area (Å²) in [6, 6.07) is 0.281. The zero-order valence-electron chi connectivity index (χ0n) is 11.1. The predicted octanol–water partition coefficient (Wildman–Crippen LogP) is 1.53. The molecule has 4 heteroatoms. The Balaban J connectivity index is 1.91. The lowest BCUT2D eigenvalue weighted by atomic mass is 9.93. The predicted molar refractivity (Wildman–Crippen MR) is 72.6 cm³/mol. The molecule has 2 unspecified atom stereocenters. The molecule has 1 aromatic rings. The molecular formula is C14H22N4. The zero-order valence-corrected chi connectivity index (χ0v) is 11.1. The van der Waals surface area contributed by atoms with Crippen LogP contribution in [0.15, 0.2) is 6.33 Å². The number of fused-ring (bicyclic) bond motifs is 1. The minimum Gasteiger partial charge on any atom is -0.354 e. The van der Waals surface area contributed by atoms with Crippen molar-refractivity contribution >= 4 is 5.82 Å². The first kappa shape index (κ1) is 11.9. The number of hydrogen-bond donors (Lipinski definition) is 1. The van der Waals surface area contributed by atoms with Gasteiger partial charge in [0.15, 0.2) is 0 Å². The van der Waals surface area contributed by atoms with Crippen LogP contribution < -0.4 is 10.6 Å². The third kappa shape index (κ3) is 2.21. The largest absolute Gasteiger partial charge is 0.354 e. The van der Waals surface area contributed by atoms with Gasteiger partial charge in [-0.25, -0.2) is 9.97 Å². The normalized spacial score (nSPS) is 28.0. The molecule has 98 valence electrons. The lowest BCUT2D eigenvalue weighted by molar-refractivity contribution is 0.398. The van der Waals surface area contributed by atoms with Gasteiger partial charge < -0.3 is 10.6 Å². The summed E-state index contributed by atoms with van der Waals surface area (Å²) in [5.41, 5.74) is 8.79. The van der Waals surface area contributed by atoms with Crippen molar-refractivity contribution in [1.29, 1.82) is 0 Å². The average molecular weight is 246 g/mol. The number of rotatable bonds is 1. The molecule has 0 saturated carbocycles. The molecule has 2 aliphatic rings. The van der Waals surface area contributed by atoms with E-state index in [1.54, 1.807) is 6.33 Å². The lowest BCUT2D eigenvalue weighted by Crippen LogP contribution is -2.47. The van der Waals surface area contributed by atoms with Gasteiger partial charge in [-0.15, -0.1) is 0 Å². The van der Waals surface area contributed by atoms with E-state index in [9.17, 15) is 0 Å². The maximum atomic E-state index is 6.14. The molecule has 0 amide bonds. The first-order chi connectivity index (χ1) is 8.74. The molecule has 1 aliphatic carbocycles. The van der Waals surface area contributed by atoms with Gasteiger partial charge >= 0.3 is 0 Å². The smallest absolute Gasteiger partial charge is 0.135 e. The number of hydrogen-bond acceptors (Lipinski definition) is 4. The molecule has 2 N–H and O–H groups in total. The van der Waals surface area contributed by atoms with Gasteiger partial charge in [0, 0.05) is 30.4 Å². The van der Waals surface area contributed by atoms with Gasteiger partial charge in [-0.2, -0.15) is 0 Å². The zero-order chi connectivity index (χ0) is 12.5. The van der Waals surface area contributed by atoms with E-state index in [4.69, 9.17) is 5.73 Å². The summed E-state index contributed by atoms with van der Waals surface area (Å²) in [6.45, 7) is 4.30. The SMILES string of the molecule is CC1CC(N)CN(c2ncnc3c2CCCC3)C1. The van der Waals surface area contributed by atoms with Crippen LogP contribution in [0.3, 0.4) is 0 Å². The lowest BCUT2D eigenvalue weighted by Gasteiger charge is -2.37. The maximum absolute atomic E-state index is 6.14. The van der Waals surface area contributed by atoms with E-state index >= 15 is 0 Å². The van der Waals surface area contributed by atoms with Crippen molar-refractivity contribution < 1.29 is 0 Å². The van der Waals surface area contributed by atoms with E-state index < -0.39 is 0 Å². The first-order valence-corrected chi connectivity index (χ1v) is 7.07.